The first-order valence-electron chi connectivity index (χ1n) is 8.46. The van der Waals surface area contributed by atoms with Crippen LogP contribution in [-0.2, 0) is 4.74 Å². The highest BCUT2D eigenvalue weighted by atomic mass is 16.5. The number of ether oxygens (including phenoxy) is 1. The quantitative estimate of drug-likeness (QED) is 0.710. The molecule has 0 bridgehead atoms. The summed E-state index contributed by atoms with van der Waals surface area (Å²) in [6.07, 6.45) is 7.16. The molecule has 1 fully saturated rings. The molecule has 6 nitrogen and oxygen atoms in total. The van der Waals surface area contributed by atoms with Crippen LogP contribution < -0.4 is 10.6 Å². The van der Waals surface area contributed by atoms with E-state index in [9.17, 15) is 9.59 Å². The maximum absolute atomic E-state index is 12.0. The molecule has 0 aliphatic carbocycles. The average Bonchev–Trinajstić information content (AvgIpc) is 2.51. The predicted octanol–water partition coefficient (Wildman–Crippen LogP) is 2.88. The van der Waals surface area contributed by atoms with Crippen molar-refractivity contribution in [2.75, 3.05) is 20.2 Å². The smallest absolute Gasteiger partial charge is 0.409 e. The van der Waals surface area contributed by atoms with E-state index < -0.39 is 0 Å². The molecule has 3 amide bonds. The first-order valence-corrected chi connectivity index (χ1v) is 8.46. The van der Waals surface area contributed by atoms with Crippen LogP contribution >= 0.6 is 0 Å². The molecule has 1 saturated heterocycles. The van der Waals surface area contributed by atoms with Crippen LogP contribution in [0.3, 0.4) is 0 Å². The SMILES string of the molecule is CCCCCCC(C)NC(=O)NC1CCN(C(=O)OC)CC1. The second kappa shape index (κ2) is 10.3. The molecule has 1 unspecified atom stereocenters. The number of amides is 3. The van der Waals surface area contributed by atoms with E-state index in [0.29, 0.717) is 13.1 Å². The van der Waals surface area contributed by atoms with Gasteiger partial charge in [0, 0.05) is 25.2 Å². The predicted molar refractivity (Wildman–Crippen MR) is 86.9 cm³/mol. The number of nitrogens with zero attached hydrogens (tertiary/aromatic N) is 1. The largest absolute Gasteiger partial charge is 0.453 e. The van der Waals surface area contributed by atoms with Gasteiger partial charge < -0.3 is 20.3 Å². The molecule has 1 aliphatic rings. The Morgan fingerprint density at radius 3 is 2.50 bits per heavy atom. The van der Waals surface area contributed by atoms with E-state index >= 15 is 0 Å². The Labute approximate surface area is 134 Å². The minimum absolute atomic E-state index is 0.0977. The number of unbranched alkanes of at least 4 members (excludes halogenated alkanes) is 3. The summed E-state index contributed by atoms with van der Waals surface area (Å²) in [7, 11) is 1.39. The first kappa shape index (κ1) is 18.6. The summed E-state index contributed by atoms with van der Waals surface area (Å²) < 4.78 is 4.70. The molecule has 0 spiro atoms. The van der Waals surface area contributed by atoms with Crippen molar-refractivity contribution in [1.29, 1.82) is 0 Å². The molecule has 0 radical (unpaired) electrons. The average molecular weight is 313 g/mol. The number of nitrogens with one attached hydrogen (secondary N) is 2. The van der Waals surface area contributed by atoms with Crippen molar-refractivity contribution in [3.8, 4) is 0 Å². The van der Waals surface area contributed by atoms with Gasteiger partial charge in [0.25, 0.3) is 0 Å². The molecule has 0 aromatic heterocycles. The van der Waals surface area contributed by atoms with Gasteiger partial charge in [0.05, 0.1) is 7.11 Å². The summed E-state index contributed by atoms with van der Waals surface area (Å²) in [5.41, 5.74) is 0. The number of rotatable bonds is 7. The highest BCUT2D eigenvalue weighted by molar-refractivity contribution is 5.74. The molecule has 1 aliphatic heterocycles. The molecule has 1 rings (SSSR count). The maximum atomic E-state index is 12.0. The summed E-state index contributed by atoms with van der Waals surface area (Å²) in [6, 6.07) is 0.236. The van der Waals surface area contributed by atoms with E-state index in [0.717, 1.165) is 25.7 Å². The molecule has 6 heteroatoms. The first-order chi connectivity index (χ1) is 10.6. The van der Waals surface area contributed by atoms with Crippen molar-refractivity contribution in [2.45, 2.75) is 70.9 Å². The van der Waals surface area contributed by atoms with Crippen LogP contribution in [0.15, 0.2) is 0 Å². The Bertz CT molecular complexity index is 342. The van der Waals surface area contributed by atoms with Gasteiger partial charge in [-0.05, 0) is 26.2 Å². The zero-order valence-electron chi connectivity index (χ0n) is 14.2. The summed E-state index contributed by atoms with van der Waals surface area (Å²) in [5, 5.41) is 5.99. The fourth-order valence-electron chi connectivity index (χ4n) is 2.74. The molecular weight excluding hydrogens is 282 g/mol. The van der Waals surface area contributed by atoms with E-state index in [4.69, 9.17) is 4.74 Å². The molecular formula is C16H31N3O3. The van der Waals surface area contributed by atoms with E-state index in [2.05, 4.69) is 17.6 Å². The third-order valence-electron chi connectivity index (χ3n) is 4.13. The normalized spacial score (nSPS) is 17.0. The van der Waals surface area contributed by atoms with Crippen molar-refractivity contribution >= 4 is 12.1 Å². The van der Waals surface area contributed by atoms with Crippen molar-refractivity contribution < 1.29 is 14.3 Å². The number of hydrogen-bond donors (Lipinski definition) is 2. The van der Waals surface area contributed by atoms with Gasteiger partial charge in [-0.3, -0.25) is 0 Å². The lowest BCUT2D eigenvalue weighted by atomic mass is 10.1. The van der Waals surface area contributed by atoms with Gasteiger partial charge in [0.15, 0.2) is 0 Å². The molecule has 22 heavy (non-hydrogen) atoms. The topological polar surface area (TPSA) is 70.7 Å². The van der Waals surface area contributed by atoms with Gasteiger partial charge in [-0.2, -0.15) is 0 Å². The van der Waals surface area contributed by atoms with Crippen molar-refractivity contribution in [2.24, 2.45) is 0 Å². The maximum Gasteiger partial charge on any atom is 0.409 e. The van der Waals surface area contributed by atoms with Crippen LogP contribution in [0.2, 0.25) is 0 Å². The van der Waals surface area contributed by atoms with Crippen LogP contribution in [0.4, 0.5) is 9.59 Å². The van der Waals surface area contributed by atoms with E-state index in [1.165, 1.54) is 26.4 Å². The van der Waals surface area contributed by atoms with Gasteiger partial charge >= 0.3 is 12.1 Å². The number of hydrogen-bond acceptors (Lipinski definition) is 3. The summed E-state index contributed by atoms with van der Waals surface area (Å²) in [4.78, 5) is 25.0. The number of likely N-dealkylation sites (tertiary alicyclic amines) is 1. The van der Waals surface area contributed by atoms with Gasteiger partial charge in [0.1, 0.15) is 0 Å². The molecule has 0 aromatic rings. The fraction of sp³-hybridized carbons (Fsp3) is 0.875. The minimum Gasteiger partial charge on any atom is -0.453 e. The fourth-order valence-corrected chi connectivity index (χ4v) is 2.74. The third-order valence-corrected chi connectivity index (χ3v) is 4.13. The molecule has 2 N–H and O–H groups in total. The Balaban J connectivity index is 2.16. The van der Waals surface area contributed by atoms with Crippen LogP contribution in [-0.4, -0.2) is 49.3 Å². The number of piperidine rings is 1. The lowest BCUT2D eigenvalue weighted by molar-refractivity contribution is 0.110. The summed E-state index contributed by atoms with van der Waals surface area (Å²) in [5.74, 6) is 0. The molecule has 0 saturated carbocycles. The standard InChI is InChI=1S/C16H31N3O3/c1-4-5-6-7-8-13(2)17-15(20)18-14-9-11-19(12-10-14)16(21)22-3/h13-14H,4-12H2,1-3H3,(H2,17,18,20). The molecule has 0 aromatic carbocycles. The van der Waals surface area contributed by atoms with Crippen LogP contribution in [0.25, 0.3) is 0 Å². The lowest BCUT2D eigenvalue weighted by Gasteiger charge is -2.31. The molecule has 128 valence electrons. The highest BCUT2D eigenvalue weighted by Crippen LogP contribution is 2.11. The third kappa shape index (κ3) is 7.00. The van der Waals surface area contributed by atoms with E-state index in [1.807, 2.05) is 6.92 Å². The van der Waals surface area contributed by atoms with Crippen LogP contribution in [0.5, 0.6) is 0 Å². The van der Waals surface area contributed by atoms with E-state index in [1.54, 1.807) is 4.90 Å². The molecule has 1 atom stereocenters. The minimum atomic E-state index is -0.288. The Morgan fingerprint density at radius 1 is 1.23 bits per heavy atom. The molecule has 1 heterocycles. The van der Waals surface area contributed by atoms with Crippen molar-refractivity contribution in [1.82, 2.24) is 15.5 Å². The zero-order chi connectivity index (χ0) is 16.4. The number of methoxy groups -OCH3 is 1. The Morgan fingerprint density at radius 2 is 1.91 bits per heavy atom. The van der Waals surface area contributed by atoms with E-state index in [-0.39, 0.29) is 24.2 Å². The highest BCUT2D eigenvalue weighted by Gasteiger charge is 2.24. The van der Waals surface area contributed by atoms with Gasteiger partial charge in [-0.15, -0.1) is 0 Å². The van der Waals surface area contributed by atoms with Crippen molar-refractivity contribution in [3.05, 3.63) is 0 Å². The lowest BCUT2D eigenvalue weighted by Crippen LogP contribution is -2.50. The summed E-state index contributed by atoms with van der Waals surface area (Å²) >= 11 is 0. The summed E-state index contributed by atoms with van der Waals surface area (Å²) in [6.45, 7) is 5.50. The zero-order valence-corrected chi connectivity index (χ0v) is 14.2. The van der Waals surface area contributed by atoms with Crippen LogP contribution in [0.1, 0.15) is 58.8 Å². The van der Waals surface area contributed by atoms with Gasteiger partial charge in [-0.1, -0.05) is 32.6 Å². The Kier molecular flexibility index (Phi) is 8.70. The van der Waals surface area contributed by atoms with Gasteiger partial charge in [-0.25, -0.2) is 9.59 Å². The Hall–Kier alpha value is -1.46. The number of carbonyl (C=O) groups is 2. The van der Waals surface area contributed by atoms with Crippen LogP contribution in [0, 0.1) is 0 Å². The number of carbonyl (C=O) groups excluding carboxylic acids is 2. The monoisotopic (exact) mass is 313 g/mol. The number of urea groups is 1. The second-order valence-corrected chi connectivity index (χ2v) is 6.10. The van der Waals surface area contributed by atoms with Crippen molar-refractivity contribution in [3.63, 3.8) is 0 Å². The van der Waals surface area contributed by atoms with Gasteiger partial charge in [0.2, 0.25) is 0 Å². The second-order valence-electron chi connectivity index (χ2n) is 6.10.